The number of aliphatic hydroxyl groups excluding tert-OH is 1. The molecule has 1 aliphatic heterocycles. The molecule has 3 fully saturated rings. The summed E-state index contributed by atoms with van der Waals surface area (Å²) in [5.41, 5.74) is 0.924. The second-order valence-corrected chi connectivity index (χ2v) is 7.97. The zero-order valence-corrected chi connectivity index (χ0v) is 14.5. The van der Waals surface area contributed by atoms with Crippen molar-refractivity contribution in [3.8, 4) is 0 Å². The van der Waals surface area contributed by atoms with Gasteiger partial charge >= 0.3 is 0 Å². The molecule has 134 valence electrons. The number of fused-ring (bicyclic) bond motifs is 3. The molecule has 2 amide bonds. The van der Waals surface area contributed by atoms with Gasteiger partial charge in [0.15, 0.2) is 0 Å². The van der Waals surface area contributed by atoms with E-state index in [1.54, 1.807) is 0 Å². The Labute approximate surface area is 147 Å². The Morgan fingerprint density at radius 3 is 2.92 bits per heavy atom. The van der Waals surface area contributed by atoms with Gasteiger partial charge in [0.05, 0.1) is 12.2 Å². The van der Waals surface area contributed by atoms with Crippen LogP contribution < -0.4 is 16.0 Å². The van der Waals surface area contributed by atoms with Gasteiger partial charge in [-0.3, -0.25) is 9.59 Å². The standard InChI is InChI=1S/C19H25N3O3/c1-18-7-6-12(10-14(18)17(25)20-8-9-23)19(11-18)21-15-5-3-2-4-13(15)16(24)22-19/h2-5,12,14,21,23H,6-11H2,1H3,(H,20,25)(H,22,24)/t12-,14-,18+,19+/m1/s1. The fourth-order valence-electron chi connectivity index (χ4n) is 5.16. The van der Waals surface area contributed by atoms with Gasteiger partial charge in [-0.2, -0.15) is 0 Å². The molecule has 2 bridgehead atoms. The molecule has 1 heterocycles. The summed E-state index contributed by atoms with van der Waals surface area (Å²) in [7, 11) is 0. The molecule has 0 unspecified atom stereocenters. The lowest BCUT2D eigenvalue weighted by atomic mass is 9.51. The van der Waals surface area contributed by atoms with Crippen molar-refractivity contribution in [3.63, 3.8) is 0 Å². The monoisotopic (exact) mass is 343 g/mol. The molecule has 4 aliphatic rings. The Kier molecular flexibility index (Phi) is 3.76. The van der Waals surface area contributed by atoms with Crippen molar-refractivity contribution >= 4 is 17.5 Å². The van der Waals surface area contributed by atoms with Crippen LogP contribution in [0.2, 0.25) is 0 Å². The van der Waals surface area contributed by atoms with Crippen LogP contribution in [-0.2, 0) is 4.79 Å². The lowest BCUT2D eigenvalue weighted by Gasteiger charge is -2.60. The lowest BCUT2D eigenvalue weighted by Crippen LogP contribution is -2.70. The summed E-state index contributed by atoms with van der Waals surface area (Å²) in [5.74, 6) is 0.140. The second-order valence-electron chi connectivity index (χ2n) is 7.97. The minimum Gasteiger partial charge on any atom is -0.395 e. The Balaban J connectivity index is 1.62. The van der Waals surface area contributed by atoms with E-state index in [-0.39, 0.29) is 35.7 Å². The van der Waals surface area contributed by atoms with Crippen LogP contribution >= 0.6 is 0 Å². The van der Waals surface area contributed by atoms with Gasteiger partial charge < -0.3 is 21.1 Å². The van der Waals surface area contributed by atoms with Gasteiger partial charge in [-0.05, 0) is 43.2 Å². The first kappa shape index (κ1) is 16.4. The van der Waals surface area contributed by atoms with Crippen molar-refractivity contribution in [1.29, 1.82) is 0 Å². The molecule has 5 rings (SSSR count). The highest BCUT2D eigenvalue weighted by Gasteiger charge is 2.60. The van der Waals surface area contributed by atoms with Crippen LogP contribution in [0.4, 0.5) is 5.69 Å². The first-order chi connectivity index (χ1) is 12.0. The van der Waals surface area contributed by atoms with Gasteiger partial charge in [0.2, 0.25) is 5.91 Å². The highest BCUT2D eigenvalue weighted by atomic mass is 16.3. The molecule has 1 aromatic rings. The number of hydrogen-bond donors (Lipinski definition) is 4. The maximum Gasteiger partial charge on any atom is 0.255 e. The first-order valence-electron chi connectivity index (χ1n) is 9.06. The third-order valence-corrected chi connectivity index (χ3v) is 6.40. The van der Waals surface area contributed by atoms with Crippen LogP contribution in [0.3, 0.4) is 0 Å². The normalized spacial score (nSPS) is 35.7. The second kappa shape index (κ2) is 5.73. The summed E-state index contributed by atoms with van der Waals surface area (Å²) in [5, 5.41) is 18.6. The Hall–Kier alpha value is -2.08. The van der Waals surface area contributed by atoms with Gasteiger partial charge in [0.25, 0.3) is 5.91 Å². The van der Waals surface area contributed by atoms with E-state index in [0.29, 0.717) is 12.1 Å². The van der Waals surface area contributed by atoms with Gasteiger partial charge in [0, 0.05) is 24.1 Å². The van der Waals surface area contributed by atoms with Gasteiger partial charge in [0.1, 0.15) is 5.66 Å². The first-order valence-corrected chi connectivity index (χ1v) is 9.06. The average molecular weight is 343 g/mol. The van der Waals surface area contributed by atoms with Crippen molar-refractivity contribution in [2.24, 2.45) is 17.3 Å². The van der Waals surface area contributed by atoms with Crippen molar-refractivity contribution in [2.45, 2.75) is 38.3 Å². The third kappa shape index (κ3) is 2.51. The number of amides is 2. The van der Waals surface area contributed by atoms with E-state index >= 15 is 0 Å². The number of aliphatic hydroxyl groups is 1. The molecule has 1 spiro atoms. The molecular weight excluding hydrogens is 318 g/mol. The Bertz CT molecular complexity index is 722. The zero-order chi connectivity index (χ0) is 17.7. The number of carbonyl (C=O) groups excluding carboxylic acids is 2. The molecule has 4 N–H and O–H groups in total. The van der Waals surface area contributed by atoms with E-state index < -0.39 is 5.66 Å². The average Bonchev–Trinajstić information content (AvgIpc) is 2.59. The molecular formula is C19H25N3O3. The number of benzene rings is 1. The summed E-state index contributed by atoms with van der Waals surface area (Å²) in [6.45, 7) is 2.40. The van der Waals surface area contributed by atoms with E-state index in [1.165, 1.54) is 0 Å². The molecule has 0 radical (unpaired) electrons. The number of hydrogen-bond acceptors (Lipinski definition) is 4. The smallest absolute Gasteiger partial charge is 0.255 e. The minimum atomic E-state index is -0.466. The highest BCUT2D eigenvalue weighted by Crippen LogP contribution is 2.58. The van der Waals surface area contributed by atoms with E-state index in [2.05, 4.69) is 22.9 Å². The molecule has 6 heteroatoms. The van der Waals surface area contributed by atoms with Crippen LogP contribution in [0.25, 0.3) is 0 Å². The number of nitrogens with one attached hydrogen (secondary N) is 3. The summed E-state index contributed by atoms with van der Waals surface area (Å²) < 4.78 is 0. The summed E-state index contributed by atoms with van der Waals surface area (Å²) in [4.78, 5) is 25.2. The van der Waals surface area contributed by atoms with Crippen LogP contribution in [0.5, 0.6) is 0 Å². The number of para-hydroxylation sites is 1. The molecule has 3 saturated carbocycles. The summed E-state index contributed by atoms with van der Waals surface area (Å²) >= 11 is 0. The molecule has 1 aromatic carbocycles. The molecule has 25 heavy (non-hydrogen) atoms. The van der Waals surface area contributed by atoms with Crippen molar-refractivity contribution < 1.29 is 14.7 Å². The highest BCUT2D eigenvalue weighted by molar-refractivity contribution is 6.02. The third-order valence-electron chi connectivity index (χ3n) is 6.40. The molecule has 0 saturated heterocycles. The maximum absolute atomic E-state index is 12.6. The minimum absolute atomic E-state index is 0.0265. The Morgan fingerprint density at radius 1 is 1.36 bits per heavy atom. The molecule has 0 aromatic heterocycles. The predicted octanol–water partition coefficient (Wildman–Crippen LogP) is 1.47. The molecule has 4 atom stereocenters. The SMILES string of the molecule is C[C@@]12CC[C@H](C[C@@H]1C(=O)NCCO)[C@]1(C2)NC(=O)c2ccccc2N1. The number of carbonyl (C=O) groups is 2. The largest absolute Gasteiger partial charge is 0.395 e. The van der Waals surface area contributed by atoms with Crippen LogP contribution in [-0.4, -0.2) is 35.7 Å². The van der Waals surface area contributed by atoms with E-state index in [1.807, 2.05) is 24.3 Å². The van der Waals surface area contributed by atoms with Crippen molar-refractivity contribution in [3.05, 3.63) is 29.8 Å². The summed E-state index contributed by atoms with van der Waals surface area (Å²) in [6, 6.07) is 7.59. The van der Waals surface area contributed by atoms with Crippen LogP contribution in [0.15, 0.2) is 24.3 Å². The van der Waals surface area contributed by atoms with Crippen molar-refractivity contribution in [1.82, 2.24) is 10.6 Å². The van der Waals surface area contributed by atoms with E-state index in [4.69, 9.17) is 5.11 Å². The topological polar surface area (TPSA) is 90.5 Å². The van der Waals surface area contributed by atoms with E-state index in [0.717, 1.165) is 31.4 Å². The fourth-order valence-corrected chi connectivity index (χ4v) is 5.16. The van der Waals surface area contributed by atoms with Crippen LogP contribution in [0.1, 0.15) is 43.0 Å². The summed E-state index contributed by atoms with van der Waals surface area (Å²) in [6.07, 6.45) is 3.47. The predicted molar refractivity (Wildman–Crippen MR) is 93.9 cm³/mol. The molecule has 6 nitrogen and oxygen atoms in total. The van der Waals surface area contributed by atoms with Gasteiger partial charge in [-0.1, -0.05) is 19.1 Å². The lowest BCUT2D eigenvalue weighted by molar-refractivity contribution is -0.139. The molecule has 3 aliphatic carbocycles. The quantitative estimate of drug-likeness (QED) is 0.669. The van der Waals surface area contributed by atoms with Gasteiger partial charge in [-0.25, -0.2) is 0 Å². The maximum atomic E-state index is 12.6. The van der Waals surface area contributed by atoms with Crippen molar-refractivity contribution in [2.75, 3.05) is 18.5 Å². The van der Waals surface area contributed by atoms with Gasteiger partial charge in [-0.15, -0.1) is 0 Å². The van der Waals surface area contributed by atoms with Crippen LogP contribution in [0, 0.1) is 17.3 Å². The fraction of sp³-hybridized carbons (Fsp3) is 0.579. The number of rotatable bonds is 3. The number of anilines is 1. The Morgan fingerprint density at radius 2 is 2.16 bits per heavy atom. The zero-order valence-electron chi connectivity index (χ0n) is 14.5. The van der Waals surface area contributed by atoms with E-state index in [9.17, 15) is 9.59 Å².